The van der Waals surface area contributed by atoms with E-state index in [1.54, 1.807) is 4.90 Å². The monoisotopic (exact) mass is 668 g/mol. The zero-order chi connectivity index (χ0) is 31.6. The highest BCUT2D eigenvalue weighted by atomic mass is 35.5. The fraction of sp³-hybridized carbons (Fsp3) is 0.444. The zero-order valence-corrected chi connectivity index (χ0v) is 27.7. The fourth-order valence-electron chi connectivity index (χ4n) is 7.97. The Bertz CT molecular complexity index is 1370. The molecule has 3 fully saturated rings. The van der Waals surface area contributed by atoms with Gasteiger partial charge in [-0.3, -0.25) is 9.28 Å². The van der Waals surface area contributed by atoms with E-state index in [2.05, 4.69) is 5.32 Å². The number of halogens is 3. The van der Waals surface area contributed by atoms with Gasteiger partial charge in [0.25, 0.3) is 0 Å². The number of rotatable bonds is 8. The van der Waals surface area contributed by atoms with Crippen LogP contribution in [-0.2, 0) is 15.0 Å². The van der Waals surface area contributed by atoms with Crippen LogP contribution in [0.5, 0.6) is 0 Å². The van der Waals surface area contributed by atoms with Crippen LogP contribution in [-0.4, -0.2) is 77.7 Å². The van der Waals surface area contributed by atoms with Gasteiger partial charge in [-0.2, -0.15) is 0 Å². The minimum atomic E-state index is -0.938. The molecule has 3 aliphatic heterocycles. The van der Waals surface area contributed by atoms with Crippen LogP contribution in [0.15, 0.2) is 72.8 Å². The van der Waals surface area contributed by atoms with Crippen LogP contribution in [0, 0.1) is 5.92 Å². The molecule has 0 unspecified atom stereocenters. The number of aliphatic hydroxyl groups is 1. The van der Waals surface area contributed by atoms with Crippen molar-refractivity contribution in [2.24, 2.45) is 5.92 Å². The molecule has 6 nitrogen and oxygen atoms in total. The second-order valence-corrected chi connectivity index (χ2v) is 14.4. The number of hydrogen-bond donors (Lipinski definition) is 2. The number of carbonyl (C=O) groups is 2. The third kappa shape index (κ3) is 6.69. The molecule has 0 radical (unpaired) electrons. The number of aliphatic hydroxyl groups excluding tert-OH is 1. The van der Waals surface area contributed by atoms with E-state index < -0.39 is 17.6 Å². The van der Waals surface area contributed by atoms with Crippen LogP contribution >= 0.6 is 34.8 Å². The highest BCUT2D eigenvalue weighted by Gasteiger charge is 2.52. The van der Waals surface area contributed by atoms with Crippen LogP contribution in [0.2, 0.25) is 15.1 Å². The zero-order valence-electron chi connectivity index (χ0n) is 25.4. The Morgan fingerprint density at radius 1 is 0.800 bits per heavy atom. The maximum absolute atomic E-state index is 14.7. The van der Waals surface area contributed by atoms with E-state index in [4.69, 9.17) is 34.8 Å². The summed E-state index contributed by atoms with van der Waals surface area (Å²) in [7, 11) is 0. The van der Waals surface area contributed by atoms with Crippen molar-refractivity contribution in [3.63, 3.8) is 0 Å². The molecule has 3 aromatic carbocycles. The summed E-state index contributed by atoms with van der Waals surface area (Å²) in [5.41, 5.74) is 1.69. The summed E-state index contributed by atoms with van der Waals surface area (Å²) >= 11 is 19.0. The molecule has 238 valence electrons. The van der Waals surface area contributed by atoms with Crippen molar-refractivity contribution in [1.82, 2.24) is 10.2 Å². The first-order valence-corrected chi connectivity index (χ1v) is 17.2. The molecule has 0 aliphatic carbocycles. The van der Waals surface area contributed by atoms with Gasteiger partial charge in [-0.05, 0) is 79.0 Å². The summed E-state index contributed by atoms with van der Waals surface area (Å²) in [5, 5.41) is 16.2. The predicted molar refractivity (Wildman–Crippen MR) is 180 cm³/mol. The van der Waals surface area contributed by atoms with Gasteiger partial charge >= 0.3 is 5.91 Å². The van der Waals surface area contributed by atoms with Gasteiger partial charge in [-0.15, -0.1) is 0 Å². The molecule has 6 rings (SSSR count). The second kappa shape index (κ2) is 13.7. The first kappa shape index (κ1) is 32.5. The van der Waals surface area contributed by atoms with E-state index in [0.717, 1.165) is 75.1 Å². The van der Waals surface area contributed by atoms with Gasteiger partial charge < -0.3 is 15.3 Å². The Morgan fingerprint density at radius 2 is 1.27 bits per heavy atom. The second-order valence-electron chi connectivity index (χ2n) is 13.1. The molecule has 0 saturated carbocycles. The number of hydrogen-bond acceptors (Lipinski definition) is 4. The summed E-state index contributed by atoms with van der Waals surface area (Å²) in [4.78, 5) is 31.0. The highest BCUT2D eigenvalue weighted by Crippen LogP contribution is 2.44. The van der Waals surface area contributed by atoms with Crippen molar-refractivity contribution in [2.75, 3.05) is 39.3 Å². The number of carbonyl (C=O) groups excluding carboxylic acids is 2. The summed E-state index contributed by atoms with van der Waals surface area (Å²) in [5.74, 6) is 0.395. The van der Waals surface area contributed by atoms with Gasteiger partial charge in [0.15, 0.2) is 0 Å². The van der Waals surface area contributed by atoms with Gasteiger partial charge in [0.2, 0.25) is 5.91 Å². The smallest absolute Gasteiger partial charge is 0.336 e. The first-order chi connectivity index (χ1) is 21.7. The van der Waals surface area contributed by atoms with Gasteiger partial charge in [-0.1, -0.05) is 71.2 Å². The molecule has 2 N–H and O–H groups in total. The van der Waals surface area contributed by atoms with Crippen LogP contribution in [0.3, 0.4) is 0 Å². The summed E-state index contributed by atoms with van der Waals surface area (Å²) in [6, 6.07) is 22.0. The lowest BCUT2D eigenvalue weighted by Crippen LogP contribution is -2.60. The molecule has 0 aromatic heterocycles. The fourth-order valence-corrected chi connectivity index (χ4v) is 8.35. The normalized spacial score (nSPS) is 22.1. The lowest BCUT2D eigenvalue weighted by Gasteiger charge is -2.40. The molecule has 3 aromatic rings. The standard InChI is InChI=1S/C36H41Cl3N3O3/c37-29-9-3-26(4-10-29)36(27-5-11-30(38)12-6-27,28-7-13-31(39)14-8-28)22-34(44)41-23-32(43)21-33(41)35(45)42(19-1-2-20-42)24-25-15-17-40-18-16-25/h3-14,25,32-33,40,43H,1-2,15-24H2/q+1/t32-,33+/m1/s1. The lowest BCUT2D eigenvalue weighted by atomic mass is 9.67. The Labute approximate surface area is 280 Å². The first-order valence-electron chi connectivity index (χ1n) is 16.1. The third-order valence-corrected chi connectivity index (χ3v) is 11.0. The van der Waals surface area contributed by atoms with Gasteiger partial charge in [0, 0.05) is 53.2 Å². The molecule has 9 heteroatoms. The van der Waals surface area contributed by atoms with E-state index in [1.807, 2.05) is 72.8 Å². The SMILES string of the molecule is O=C(CC(c1ccc(Cl)cc1)(c1ccc(Cl)cc1)c1ccc(Cl)cc1)N1C[C@H](O)C[C@H]1C(=O)[N+]1(CC2CCNCC2)CCCC1. The highest BCUT2D eigenvalue weighted by molar-refractivity contribution is 6.31. The number of amides is 2. The lowest BCUT2D eigenvalue weighted by molar-refractivity contribution is -0.847. The van der Waals surface area contributed by atoms with Crippen LogP contribution in [0.4, 0.5) is 0 Å². The number of benzene rings is 3. The summed E-state index contributed by atoms with van der Waals surface area (Å²) in [6.45, 7) is 4.53. The number of nitrogens with zero attached hydrogens (tertiary/aromatic N) is 2. The van der Waals surface area contributed by atoms with Crippen LogP contribution in [0.1, 0.15) is 55.2 Å². The van der Waals surface area contributed by atoms with Crippen molar-refractivity contribution in [2.45, 2.75) is 56.1 Å². The molecule has 3 saturated heterocycles. The van der Waals surface area contributed by atoms with Crippen molar-refractivity contribution in [3.05, 3.63) is 105 Å². The maximum Gasteiger partial charge on any atom is 0.336 e. The van der Waals surface area contributed by atoms with Crippen molar-refractivity contribution in [3.8, 4) is 0 Å². The van der Waals surface area contributed by atoms with E-state index in [1.165, 1.54) is 0 Å². The average molecular weight is 670 g/mol. The van der Waals surface area contributed by atoms with Gasteiger partial charge in [0.1, 0.15) is 6.04 Å². The van der Waals surface area contributed by atoms with Crippen molar-refractivity contribution < 1.29 is 19.2 Å². The number of β-amino-alcohol motifs (C(OH)–C–C–N with tert-alkyl or cyclic N) is 1. The number of piperidine rings is 1. The number of likely N-dealkylation sites (tertiary alicyclic amines) is 2. The van der Waals surface area contributed by atoms with Gasteiger partial charge in [-0.25, -0.2) is 4.79 Å². The largest absolute Gasteiger partial charge is 0.391 e. The minimum absolute atomic E-state index is 0.0443. The summed E-state index contributed by atoms with van der Waals surface area (Å²) in [6.07, 6.45) is 3.71. The Hall–Kier alpha value is -2.45. The van der Waals surface area contributed by atoms with E-state index in [-0.39, 0.29) is 31.2 Å². The molecule has 45 heavy (non-hydrogen) atoms. The minimum Gasteiger partial charge on any atom is -0.391 e. The van der Waals surface area contributed by atoms with Crippen molar-refractivity contribution in [1.29, 1.82) is 0 Å². The molecule has 2 amide bonds. The Balaban J connectivity index is 1.39. The van der Waals surface area contributed by atoms with E-state index >= 15 is 0 Å². The number of nitrogens with one attached hydrogen (secondary N) is 1. The molecular weight excluding hydrogens is 629 g/mol. The Kier molecular flexibility index (Phi) is 9.91. The molecule has 3 heterocycles. The number of quaternary nitrogens is 1. The maximum atomic E-state index is 14.7. The van der Waals surface area contributed by atoms with Crippen LogP contribution < -0.4 is 5.32 Å². The molecule has 2 atom stereocenters. The quantitative estimate of drug-likeness (QED) is 0.213. The van der Waals surface area contributed by atoms with Gasteiger partial charge in [0.05, 0.1) is 31.2 Å². The molecule has 0 bridgehead atoms. The van der Waals surface area contributed by atoms with Crippen molar-refractivity contribution >= 4 is 46.6 Å². The Morgan fingerprint density at radius 3 is 1.73 bits per heavy atom. The van der Waals surface area contributed by atoms with E-state index in [9.17, 15) is 14.7 Å². The third-order valence-electron chi connectivity index (χ3n) is 10.3. The summed E-state index contributed by atoms with van der Waals surface area (Å²) < 4.78 is 0.419. The van der Waals surface area contributed by atoms with E-state index in [0.29, 0.717) is 25.5 Å². The van der Waals surface area contributed by atoms with Crippen LogP contribution in [0.25, 0.3) is 0 Å². The molecule has 3 aliphatic rings. The average Bonchev–Trinajstić information content (AvgIpc) is 3.69. The predicted octanol–water partition coefficient (Wildman–Crippen LogP) is 6.47. The molecule has 0 spiro atoms. The molecular formula is C36H41Cl3N3O3+. The topological polar surface area (TPSA) is 69.6 Å².